The van der Waals surface area contributed by atoms with E-state index in [0.29, 0.717) is 30.0 Å². The summed E-state index contributed by atoms with van der Waals surface area (Å²) in [7, 11) is 5.59. The molecular weight excluding hydrogens is 452 g/mol. The predicted molar refractivity (Wildman–Crippen MR) is 132 cm³/mol. The topological polar surface area (TPSA) is 89.9 Å². The minimum absolute atomic E-state index is 0.0209. The van der Waals surface area contributed by atoms with Crippen LogP contribution in [0.5, 0.6) is 5.75 Å². The number of halogens is 1. The quantitative estimate of drug-likeness (QED) is 0.585. The van der Waals surface area contributed by atoms with Gasteiger partial charge in [-0.2, -0.15) is 0 Å². The van der Waals surface area contributed by atoms with Crippen LogP contribution in [0.4, 0.5) is 0 Å². The number of rotatable bonds is 5. The number of hydrogen-bond acceptors (Lipinski definition) is 7. The number of nitrogens with zero attached hydrogens (tertiary/aromatic N) is 4. The summed E-state index contributed by atoms with van der Waals surface area (Å²) in [6.45, 7) is 0.991. The Labute approximate surface area is 203 Å². The Bertz CT molecular complexity index is 1270. The second-order valence-corrected chi connectivity index (χ2v) is 8.94. The molecule has 3 aromatic rings. The number of nitrogens with two attached hydrogens (primary N) is 1. The van der Waals surface area contributed by atoms with Gasteiger partial charge < -0.3 is 25.1 Å². The molecule has 176 valence electrons. The lowest BCUT2D eigenvalue weighted by Gasteiger charge is -2.45. The molecule has 5 rings (SSSR count). The van der Waals surface area contributed by atoms with Crippen molar-refractivity contribution in [1.29, 1.82) is 0 Å². The van der Waals surface area contributed by atoms with E-state index in [1.165, 1.54) is 0 Å². The minimum atomic E-state index is -0.925. The molecule has 3 heterocycles. The molecule has 0 radical (unpaired) electrons. The zero-order valence-electron chi connectivity index (χ0n) is 19.3. The number of aromatic nitrogens is 2. The summed E-state index contributed by atoms with van der Waals surface area (Å²) in [5.74, 6) is 0.223. The van der Waals surface area contributed by atoms with Gasteiger partial charge in [-0.05, 0) is 31.8 Å². The third-order valence-corrected chi connectivity index (χ3v) is 6.56. The van der Waals surface area contributed by atoms with Gasteiger partial charge in [0.05, 0.1) is 26.0 Å². The van der Waals surface area contributed by atoms with Crippen LogP contribution in [0.3, 0.4) is 0 Å². The summed E-state index contributed by atoms with van der Waals surface area (Å²) < 4.78 is 13.5. The number of amidine groups is 1. The number of imidazole rings is 1. The molecule has 1 aromatic heterocycles. The normalized spacial score (nSPS) is 22.3. The van der Waals surface area contributed by atoms with Crippen LogP contribution < -0.4 is 15.8 Å². The maximum atomic E-state index is 6.56. The van der Waals surface area contributed by atoms with Gasteiger partial charge in [-0.15, -0.1) is 0 Å². The van der Waals surface area contributed by atoms with Crippen molar-refractivity contribution in [1.82, 2.24) is 19.8 Å². The lowest BCUT2D eigenvalue weighted by atomic mass is 9.88. The second kappa shape index (κ2) is 8.79. The van der Waals surface area contributed by atoms with E-state index in [2.05, 4.69) is 22.4 Å². The molecular formula is C25H27ClN6O2. The number of benzene rings is 2. The van der Waals surface area contributed by atoms with Crippen molar-refractivity contribution in [2.45, 2.75) is 11.7 Å². The summed E-state index contributed by atoms with van der Waals surface area (Å²) in [6, 6.07) is 16.3. The lowest BCUT2D eigenvalue weighted by molar-refractivity contribution is 0.0945. The Balaban J connectivity index is 1.61. The Morgan fingerprint density at radius 3 is 2.71 bits per heavy atom. The second-order valence-electron chi connectivity index (χ2n) is 8.55. The molecule has 0 fully saturated rings. The predicted octanol–water partition coefficient (Wildman–Crippen LogP) is 3.23. The Morgan fingerprint density at radius 2 is 2.03 bits per heavy atom. The van der Waals surface area contributed by atoms with Crippen molar-refractivity contribution < 1.29 is 9.47 Å². The standard InChI is InChI=1S/C25H27ClN6O2/c1-31(2)25(17-9-10-20(21(11-17)33-3)32-12-22(26)28-15-32)29-23-18(16-7-5-4-6-8-16)13-34-14-19(23)24(27)30-25/h4-12,15,18,29H,13-14H2,1-3H3,(H2,27,30). The van der Waals surface area contributed by atoms with Gasteiger partial charge in [-0.1, -0.05) is 48.0 Å². The molecule has 0 bridgehead atoms. The van der Waals surface area contributed by atoms with Gasteiger partial charge in [0.2, 0.25) is 5.79 Å². The molecule has 34 heavy (non-hydrogen) atoms. The molecule has 9 heteroatoms. The molecule has 2 atom stereocenters. The maximum absolute atomic E-state index is 6.56. The molecule has 8 nitrogen and oxygen atoms in total. The average Bonchev–Trinajstić information content (AvgIpc) is 3.29. The van der Waals surface area contributed by atoms with Crippen LogP contribution in [-0.4, -0.2) is 54.7 Å². The fourth-order valence-corrected chi connectivity index (χ4v) is 4.72. The van der Waals surface area contributed by atoms with Gasteiger partial charge in [0.15, 0.2) is 0 Å². The molecule has 2 aliphatic heterocycles. The average molecular weight is 479 g/mol. The summed E-state index contributed by atoms with van der Waals surface area (Å²) in [4.78, 5) is 11.1. The highest BCUT2D eigenvalue weighted by molar-refractivity contribution is 6.29. The Morgan fingerprint density at radius 1 is 1.24 bits per heavy atom. The highest BCUT2D eigenvalue weighted by atomic mass is 35.5. The monoisotopic (exact) mass is 478 g/mol. The number of aliphatic imine (C=N–C) groups is 1. The van der Waals surface area contributed by atoms with E-state index in [-0.39, 0.29) is 5.92 Å². The van der Waals surface area contributed by atoms with E-state index in [4.69, 9.17) is 31.8 Å². The molecule has 3 N–H and O–H groups in total. The van der Waals surface area contributed by atoms with Crippen molar-refractivity contribution in [3.05, 3.63) is 88.6 Å². The van der Waals surface area contributed by atoms with E-state index >= 15 is 0 Å². The molecule has 2 aliphatic rings. The summed E-state index contributed by atoms with van der Waals surface area (Å²) in [5, 5.41) is 4.15. The molecule has 0 spiro atoms. The third-order valence-electron chi connectivity index (χ3n) is 6.37. The smallest absolute Gasteiger partial charge is 0.215 e. The summed E-state index contributed by atoms with van der Waals surface area (Å²) in [6.07, 6.45) is 3.39. The van der Waals surface area contributed by atoms with Gasteiger partial charge in [0.25, 0.3) is 0 Å². The SMILES string of the molecule is COc1cc(C2(N(C)C)N=C(N)C3=C(N2)C(c2ccccc2)COC3)ccc1-n1cnc(Cl)c1. The van der Waals surface area contributed by atoms with Crippen molar-refractivity contribution >= 4 is 17.4 Å². The molecule has 0 saturated carbocycles. The number of hydrogen-bond donors (Lipinski definition) is 2. The van der Waals surface area contributed by atoms with Gasteiger partial charge in [0.1, 0.15) is 23.1 Å². The fraction of sp³-hybridized carbons (Fsp3) is 0.280. The number of ether oxygens (including phenoxy) is 2. The fourth-order valence-electron chi connectivity index (χ4n) is 4.58. The molecule has 0 saturated heterocycles. The van der Waals surface area contributed by atoms with Crippen LogP contribution in [0.15, 0.2) is 77.3 Å². The first-order valence-electron chi connectivity index (χ1n) is 11.0. The zero-order chi connectivity index (χ0) is 23.9. The van der Waals surface area contributed by atoms with Crippen LogP contribution in [0.25, 0.3) is 5.69 Å². The first-order valence-corrected chi connectivity index (χ1v) is 11.4. The van der Waals surface area contributed by atoms with Crippen LogP contribution >= 0.6 is 11.6 Å². The van der Waals surface area contributed by atoms with E-state index in [1.807, 2.05) is 60.0 Å². The minimum Gasteiger partial charge on any atom is -0.495 e. The molecule has 0 aliphatic carbocycles. The summed E-state index contributed by atoms with van der Waals surface area (Å²) in [5.41, 5.74) is 11.4. The van der Waals surface area contributed by atoms with Gasteiger partial charge in [0, 0.05) is 28.9 Å². The van der Waals surface area contributed by atoms with Crippen LogP contribution in [0.2, 0.25) is 5.15 Å². The third kappa shape index (κ3) is 3.73. The zero-order valence-corrected chi connectivity index (χ0v) is 20.1. The summed E-state index contributed by atoms with van der Waals surface area (Å²) >= 11 is 6.03. The van der Waals surface area contributed by atoms with E-state index in [9.17, 15) is 0 Å². The molecule has 0 amide bonds. The van der Waals surface area contributed by atoms with Crippen molar-refractivity contribution in [3.63, 3.8) is 0 Å². The largest absolute Gasteiger partial charge is 0.495 e. The van der Waals surface area contributed by atoms with Crippen LogP contribution in [0.1, 0.15) is 17.0 Å². The van der Waals surface area contributed by atoms with E-state index in [0.717, 1.165) is 28.1 Å². The Kier molecular flexibility index (Phi) is 5.81. The van der Waals surface area contributed by atoms with Gasteiger partial charge >= 0.3 is 0 Å². The van der Waals surface area contributed by atoms with E-state index < -0.39 is 5.79 Å². The van der Waals surface area contributed by atoms with Gasteiger partial charge in [-0.3, -0.25) is 4.90 Å². The molecule has 2 aromatic carbocycles. The van der Waals surface area contributed by atoms with Crippen molar-refractivity contribution in [3.8, 4) is 11.4 Å². The van der Waals surface area contributed by atoms with Crippen LogP contribution in [-0.2, 0) is 10.5 Å². The highest BCUT2D eigenvalue weighted by Gasteiger charge is 2.43. The Hall–Kier alpha value is -3.33. The van der Waals surface area contributed by atoms with E-state index in [1.54, 1.807) is 19.6 Å². The van der Waals surface area contributed by atoms with Crippen molar-refractivity contribution in [2.75, 3.05) is 34.4 Å². The lowest BCUT2D eigenvalue weighted by Crippen LogP contribution is -2.57. The van der Waals surface area contributed by atoms with Crippen LogP contribution in [0, 0.1) is 0 Å². The number of methoxy groups -OCH3 is 1. The molecule has 2 unspecified atom stereocenters. The first-order chi connectivity index (χ1) is 16.4. The van der Waals surface area contributed by atoms with Crippen molar-refractivity contribution in [2.24, 2.45) is 10.7 Å². The first kappa shape index (κ1) is 22.5. The highest BCUT2D eigenvalue weighted by Crippen LogP contribution is 2.40. The van der Waals surface area contributed by atoms with Gasteiger partial charge in [-0.25, -0.2) is 9.98 Å². The number of nitrogens with one attached hydrogen (secondary N) is 1. The maximum Gasteiger partial charge on any atom is 0.215 e.